The van der Waals surface area contributed by atoms with E-state index >= 15 is 0 Å². The number of hydrogen-bond acceptors (Lipinski definition) is 5. The van der Waals surface area contributed by atoms with E-state index in [-0.39, 0.29) is 0 Å². The second-order valence-electron chi connectivity index (χ2n) is 4.04. The summed E-state index contributed by atoms with van der Waals surface area (Å²) >= 11 is 0. The fraction of sp³-hybridized carbons (Fsp3) is 0.545. The first-order valence-corrected chi connectivity index (χ1v) is 5.44. The third-order valence-electron chi connectivity index (χ3n) is 2.82. The van der Waals surface area contributed by atoms with Crippen LogP contribution >= 0.6 is 0 Å². The van der Waals surface area contributed by atoms with Gasteiger partial charge in [-0.25, -0.2) is 9.97 Å². The summed E-state index contributed by atoms with van der Waals surface area (Å²) < 4.78 is 0. The third-order valence-corrected chi connectivity index (χ3v) is 2.82. The molecule has 0 unspecified atom stereocenters. The van der Waals surface area contributed by atoms with E-state index < -0.39 is 0 Å². The normalized spacial score (nSPS) is 14.5. The Morgan fingerprint density at radius 3 is 2.94 bits per heavy atom. The number of aromatic nitrogens is 2. The first-order chi connectivity index (χ1) is 7.74. The molecule has 1 saturated carbocycles. The van der Waals surface area contributed by atoms with Gasteiger partial charge in [-0.1, -0.05) is 0 Å². The van der Waals surface area contributed by atoms with E-state index in [2.05, 4.69) is 20.9 Å². The molecule has 0 saturated heterocycles. The lowest BCUT2D eigenvalue weighted by molar-refractivity contribution is 0.771. The summed E-state index contributed by atoms with van der Waals surface area (Å²) in [6.45, 7) is 2.64. The molecule has 1 aromatic rings. The molecular formula is C11H15N5. The smallest absolute Gasteiger partial charge is 0.137 e. The molecule has 1 fully saturated rings. The minimum absolute atomic E-state index is 0.514. The summed E-state index contributed by atoms with van der Waals surface area (Å²) in [5.74, 6) is 1.40. The molecule has 5 heteroatoms. The van der Waals surface area contributed by atoms with Gasteiger partial charge in [-0.2, -0.15) is 5.26 Å². The Hall–Kier alpha value is -1.83. The maximum absolute atomic E-state index is 8.65. The van der Waals surface area contributed by atoms with Gasteiger partial charge in [0.15, 0.2) is 0 Å². The molecule has 2 N–H and O–H groups in total. The number of anilines is 2. The second kappa shape index (κ2) is 4.35. The van der Waals surface area contributed by atoms with Gasteiger partial charge >= 0.3 is 0 Å². The monoisotopic (exact) mass is 217 g/mol. The Balaban J connectivity index is 2.24. The first-order valence-electron chi connectivity index (χ1n) is 5.44. The van der Waals surface area contributed by atoms with Gasteiger partial charge in [-0.15, -0.1) is 0 Å². The van der Waals surface area contributed by atoms with E-state index in [1.54, 1.807) is 0 Å². The maximum Gasteiger partial charge on any atom is 0.137 e. The molecule has 84 valence electrons. The highest BCUT2D eigenvalue weighted by molar-refractivity contribution is 5.56. The summed E-state index contributed by atoms with van der Waals surface area (Å²) in [5, 5.41) is 8.65. The van der Waals surface area contributed by atoms with Crippen molar-refractivity contribution in [3.8, 4) is 6.07 Å². The SMILES string of the molecule is Cc1c(N)ncnc1N(CCC#N)C1CC1. The molecular weight excluding hydrogens is 202 g/mol. The van der Waals surface area contributed by atoms with Gasteiger partial charge in [-0.3, -0.25) is 0 Å². The highest BCUT2D eigenvalue weighted by Crippen LogP contribution is 2.32. The van der Waals surface area contributed by atoms with Crippen molar-refractivity contribution >= 4 is 11.6 Å². The minimum Gasteiger partial charge on any atom is -0.383 e. The van der Waals surface area contributed by atoms with Crippen LogP contribution in [-0.2, 0) is 0 Å². The third kappa shape index (κ3) is 2.06. The van der Waals surface area contributed by atoms with Gasteiger partial charge in [0.05, 0.1) is 12.5 Å². The first kappa shape index (κ1) is 10.7. The van der Waals surface area contributed by atoms with Crippen LogP contribution < -0.4 is 10.6 Å². The standard InChI is InChI=1S/C11H15N5/c1-8-10(13)14-7-15-11(8)16(6-2-5-12)9-3-4-9/h7,9H,2-4,6H2,1H3,(H2,13,14,15). The van der Waals surface area contributed by atoms with E-state index in [0.29, 0.717) is 18.3 Å². The number of nitrogens with two attached hydrogens (primary N) is 1. The van der Waals surface area contributed by atoms with Crippen LogP contribution in [0.1, 0.15) is 24.8 Å². The molecule has 0 atom stereocenters. The molecule has 0 bridgehead atoms. The van der Waals surface area contributed by atoms with Crippen molar-refractivity contribution in [3.05, 3.63) is 11.9 Å². The Morgan fingerprint density at radius 2 is 2.31 bits per heavy atom. The van der Waals surface area contributed by atoms with Crippen LogP contribution in [-0.4, -0.2) is 22.6 Å². The zero-order valence-corrected chi connectivity index (χ0v) is 9.35. The highest BCUT2D eigenvalue weighted by atomic mass is 15.2. The number of rotatable bonds is 4. The summed E-state index contributed by atoms with van der Waals surface area (Å²) in [7, 11) is 0. The average Bonchev–Trinajstić information content (AvgIpc) is 3.08. The Bertz CT molecular complexity index is 419. The Morgan fingerprint density at radius 1 is 1.56 bits per heavy atom. The van der Waals surface area contributed by atoms with Crippen molar-refractivity contribution < 1.29 is 0 Å². The quantitative estimate of drug-likeness (QED) is 0.821. The van der Waals surface area contributed by atoms with Crippen molar-refractivity contribution in [1.29, 1.82) is 5.26 Å². The van der Waals surface area contributed by atoms with Gasteiger partial charge in [0.25, 0.3) is 0 Å². The lowest BCUT2D eigenvalue weighted by Crippen LogP contribution is -2.28. The Kier molecular flexibility index (Phi) is 2.91. The zero-order chi connectivity index (χ0) is 11.5. The molecule has 1 aliphatic rings. The largest absolute Gasteiger partial charge is 0.383 e. The molecule has 0 aromatic carbocycles. The fourth-order valence-corrected chi connectivity index (χ4v) is 1.76. The summed E-state index contributed by atoms with van der Waals surface area (Å²) in [5.41, 5.74) is 6.67. The Labute approximate surface area is 94.9 Å². The van der Waals surface area contributed by atoms with Gasteiger partial charge in [0.1, 0.15) is 18.0 Å². The second-order valence-corrected chi connectivity index (χ2v) is 4.04. The maximum atomic E-state index is 8.65. The van der Waals surface area contributed by atoms with Crippen molar-refractivity contribution in [2.45, 2.75) is 32.2 Å². The highest BCUT2D eigenvalue weighted by Gasteiger charge is 2.30. The van der Waals surface area contributed by atoms with Gasteiger partial charge in [-0.05, 0) is 19.8 Å². The predicted molar refractivity (Wildman–Crippen MR) is 61.8 cm³/mol. The van der Waals surface area contributed by atoms with Crippen molar-refractivity contribution in [1.82, 2.24) is 9.97 Å². The number of nitriles is 1. The van der Waals surface area contributed by atoms with Crippen LogP contribution in [0.3, 0.4) is 0 Å². The van der Waals surface area contributed by atoms with Crippen LogP contribution in [0, 0.1) is 18.3 Å². The van der Waals surface area contributed by atoms with E-state index in [0.717, 1.165) is 17.9 Å². The topological polar surface area (TPSA) is 78.8 Å². The molecule has 2 rings (SSSR count). The number of nitrogens with zero attached hydrogens (tertiary/aromatic N) is 4. The summed E-state index contributed by atoms with van der Waals surface area (Å²) in [6, 6.07) is 2.70. The van der Waals surface area contributed by atoms with E-state index in [1.807, 2.05) is 6.92 Å². The fourth-order valence-electron chi connectivity index (χ4n) is 1.76. The summed E-state index contributed by atoms with van der Waals surface area (Å²) in [4.78, 5) is 10.4. The molecule has 16 heavy (non-hydrogen) atoms. The molecule has 0 aliphatic heterocycles. The summed E-state index contributed by atoms with van der Waals surface area (Å²) in [6.07, 6.45) is 4.35. The molecule has 1 heterocycles. The zero-order valence-electron chi connectivity index (χ0n) is 9.35. The van der Waals surface area contributed by atoms with Crippen molar-refractivity contribution in [2.24, 2.45) is 0 Å². The van der Waals surface area contributed by atoms with E-state index in [1.165, 1.54) is 19.2 Å². The number of hydrogen-bond donors (Lipinski definition) is 1. The van der Waals surface area contributed by atoms with Gasteiger partial charge in [0.2, 0.25) is 0 Å². The van der Waals surface area contributed by atoms with Crippen LogP contribution in [0.25, 0.3) is 0 Å². The van der Waals surface area contributed by atoms with E-state index in [9.17, 15) is 0 Å². The van der Waals surface area contributed by atoms with Crippen molar-refractivity contribution in [3.63, 3.8) is 0 Å². The number of nitrogen functional groups attached to an aromatic ring is 1. The molecule has 0 amide bonds. The lowest BCUT2D eigenvalue weighted by atomic mass is 10.2. The molecule has 0 radical (unpaired) electrons. The molecule has 5 nitrogen and oxygen atoms in total. The van der Waals surface area contributed by atoms with Crippen LogP contribution in [0.5, 0.6) is 0 Å². The van der Waals surface area contributed by atoms with Gasteiger partial charge < -0.3 is 10.6 Å². The van der Waals surface area contributed by atoms with Gasteiger partial charge in [0, 0.05) is 18.2 Å². The predicted octanol–water partition coefficient (Wildman–Crippen LogP) is 1.25. The molecule has 0 spiro atoms. The van der Waals surface area contributed by atoms with Crippen LogP contribution in [0.15, 0.2) is 6.33 Å². The molecule has 1 aliphatic carbocycles. The van der Waals surface area contributed by atoms with Crippen LogP contribution in [0.4, 0.5) is 11.6 Å². The van der Waals surface area contributed by atoms with Crippen molar-refractivity contribution in [2.75, 3.05) is 17.2 Å². The van der Waals surface area contributed by atoms with E-state index in [4.69, 9.17) is 11.0 Å². The average molecular weight is 217 g/mol. The minimum atomic E-state index is 0.514. The lowest BCUT2D eigenvalue weighted by Gasteiger charge is -2.24. The molecule has 1 aromatic heterocycles. The van der Waals surface area contributed by atoms with Crippen LogP contribution in [0.2, 0.25) is 0 Å².